The van der Waals surface area contributed by atoms with Crippen LogP contribution in [0.3, 0.4) is 0 Å². The number of rotatable bonds is 4. The largest absolute Gasteiger partial charge is 0.353 e. The highest BCUT2D eigenvalue weighted by atomic mass is 32.1. The molecule has 1 N–H and O–H groups in total. The number of nitriles is 1. The number of hydrogen-bond donors (Lipinski definition) is 1. The number of nitrogens with zero attached hydrogens (tertiary/aromatic N) is 1. The van der Waals surface area contributed by atoms with Crippen LogP contribution >= 0.6 is 11.3 Å². The van der Waals surface area contributed by atoms with E-state index in [2.05, 4.69) is 11.4 Å². The molecule has 1 saturated carbocycles. The summed E-state index contributed by atoms with van der Waals surface area (Å²) >= 11 is 1.54. The van der Waals surface area contributed by atoms with Gasteiger partial charge in [-0.25, -0.2) is 0 Å². The van der Waals surface area contributed by atoms with Gasteiger partial charge in [0.2, 0.25) is 5.91 Å². The second kappa shape index (κ2) is 6.55. The first-order valence-electron chi connectivity index (χ1n) is 6.52. The topological polar surface area (TPSA) is 52.9 Å². The molecule has 3 nitrogen and oxygen atoms in total. The van der Waals surface area contributed by atoms with Crippen molar-refractivity contribution in [3.05, 3.63) is 22.4 Å². The molecular formula is C14H18N2OS. The van der Waals surface area contributed by atoms with Crippen molar-refractivity contribution < 1.29 is 4.79 Å². The van der Waals surface area contributed by atoms with Gasteiger partial charge in [-0.15, -0.1) is 11.3 Å². The van der Waals surface area contributed by atoms with Crippen LogP contribution in [0.1, 0.15) is 49.3 Å². The standard InChI is InChI=1S/C14H18N2OS/c15-10-11(13-7-4-8-18-13)9-14(17)16-12-5-2-1-3-6-12/h4,7-8,11-12H,1-3,5-6,9H2,(H,16,17). The highest BCUT2D eigenvalue weighted by molar-refractivity contribution is 7.10. The Labute approximate surface area is 112 Å². The van der Waals surface area contributed by atoms with Crippen LogP contribution in [0.15, 0.2) is 17.5 Å². The van der Waals surface area contributed by atoms with Gasteiger partial charge in [-0.1, -0.05) is 25.3 Å². The Morgan fingerprint density at radius 2 is 2.28 bits per heavy atom. The fraction of sp³-hybridized carbons (Fsp3) is 0.571. The van der Waals surface area contributed by atoms with E-state index in [4.69, 9.17) is 5.26 Å². The summed E-state index contributed by atoms with van der Waals surface area (Å²) < 4.78 is 0. The van der Waals surface area contributed by atoms with Gasteiger partial charge in [-0.2, -0.15) is 5.26 Å². The summed E-state index contributed by atoms with van der Waals surface area (Å²) in [4.78, 5) is 12.9. The summed E-state index contributed by atoms with van der Waals surface area (Å²) in [6.07, 6.45) is 6.15. The van der Waals surface area contributed by atoms with Crippen LogP contribution in [0, 0.1) is 11.3 Å². The number of thiophene rings is 1. The fourth-order valence-electron chi connectivity index (χ4n) is 2.42. The van der Waals surface area contributed by atoms with Gasteiger partial charge < -0.3 is 5.32 Å². The monoisotopic (exact) mass is 262 g/mol. The maximum Gasteiger partial charge on any atom is 0.221 e. The zero-order valence-corrected chi connectivity index (χ0v) is 11.2. The van der Waals surface area contributed by atoms with Crippen LogP contribution < -0.4 is 5.32 Å². The molecule has 1 unspecified atom stereocenters. The van der Waals surface area contributed by atoms with Crippen LogP contribution in [0.25, 0.3) is 0 Å². The highest BCUT2D eigenvalue weighted by Crippen LogP contribution is 2.24. The third-order valence-corrected chi connectivity index (χ3v) is 4.39. The van der Waals surface area contributed by atoms with Gasteiger partial charge in [0.15, 0.2) is 0 Å². The molecule has 18 heavy (non-hydrogen) atoms. The normalized spacial score (nSPS) is 17.9. The summed E-state index contributed by atoms with van der Waals surface area (Å²) in [6, 6.07) is 6.39. The Morgan fingerprint density at radius 3 is 2.89 bits per heavy atom. The van der Waals surface area contributed by atoms with Crippen molar-refractivity contribution in [3.8, 4) is 6.07 Å². The third kappa shape index (κ3) is 3.58. The Hall–Kier alpha value is -1.34. The van der Waals surface area contributed by atoms with E-state index < -0.39 is 0 Å². The van der Waals surface area contributed by atoms with E-state index in [1.165, 1.54) is 19.3 Å². The molecule has 0 aliphatic heterocycles. The predicted molar refractivity (Wildman–Crippen MR) is 72.3 cm³/mol. The van der Waals surface area contributed by atoms with E-state index in [9.17, 15) is 4.79 Å². The first kappa shape index (κ1) is 13.1. The number of nitrogens with one attached hydrogen (secondary N) is 1. The van der Waals surface area contributed by atoms with Gasteiger partial charge in [0.25, 0.3) is 0 Å². The minimum Gasteiger partial charge on any atom is -0.353 e. The zero-order valence-electron chi connectivity index (χ0n) is 10.4. The van der Waals surface area contributed by atoms with E-state index in [-0.39, 0.29) is 18.2 Å². The van der Waals surface area contributed by atoms with Crippen LogP contribution in [0.4, 0.5) is 0 Å². The van der Waals surface area contributed by atoms with Crippen molar-refractivity contribution in [1.82, 2.24) is 5.32 Å². The average Bonchev–Trinajstić information content (AvgIpc) is 2.91. The first-order valence-corrected chi connectivity index (χ1v) is 7.40. The van der Waals surface area contributed by atoms with E-state index in [1.807, 2.05) is 17.5 Å². The molecule has 96 valence electrons. The summed E-state index contributed by atoms with van der Waals surface area (Å²) in [5, 5.41) is 14.1. The highest BCUT2D eigenvalue weighted by Gasteiger charge is 2.20. The summed E-state index contributed by atoms with van der Waals surface area (Å²) in [6.45, 7) is 0. The van der Waals surface area contributed by atoms with Gasteiger partial charge in [0, 0.05) is 17.3 Å². The van der Waals surface area contributed by atoms with Gasteiger partial charge in [0.1, 0.15) is 0 Å². The fourth-order valence-corrected chi connectivity index (χ4v) is 3.19. The number of hydrogen-bond acceptors (Lipinski definition) is 3. The molecule has 1 fully saturated rings. The van der Waals surface area contributed by atoms with Crippen molar-refractivity contribution in [3.63, 3.8) is 0 Å². The van der Waals surface area contributed by atoms with Gasteiger partial charge in [-0.3, -0.25) is 4.79 Å². The molecule has 1 aromatic rings. The lowest BCUT2D eigenvalue weighted by Crippen LogP contribution is -2.36. The van der Waals surface area contributed by atoms with E-state index in [0.717, 1.165) is 17.7 Å². The van der Waals surface area contributed by atoms with Crippen molar-refractivity contribution >= 4 is 17.2 Å². The van der Waals surface area contributed by atoms with Crippen LogP contribution in [0.5, 0.6) is 0 Å². The Morgan fingerprint density at radius 1 is 1.50 bits per heavy atom. The van der Waals surface area contributed by atoms with Crippen LogP contribution in [-0.2, 0) is 4.79 Å². The molecule has 0 bridgehead atoms. The Bertz CT molecular complexity index is 416. The minimum absolute atomic E-state index is 0.0156. The van der Waals surface area contributed by atoms with Gasteiger partial charge >= 0.3 is 0 Å². The lowest BCUT2D eigenvalue weighted by atomic mass is 9.95. The van der Waals surface area contributed by atoms with Crippen LogP contribution in [0.2, 0.25) is 0 Å². The molecule has 1 heterocycles. The molecule has 1 atom stereocenters. The second-order valence-corrected chi connectivity index (χ2v) is 5.78. The number of carbonyl (C=O) groups excluding carboxylic acids is 1. The Kier molecular flexibility index (Phi) is 4.77. The molecule has 1 amide bonds. The molecule has 1 aromatic heterocycles. The maximum absolute atomic E-state index is 11.9. The zero-order chi connectivity index (χ0) is 12.8. The lowest BCUT2D eigenvalue weighted by molar-refractivity contribution is -0.122. The maximum atomic E-state index is 11.9. The number of amides is 1. The van der Waals surface area contributed by atoms with E-state index >= 15 is 0 Å². The first-order chi connectivity index (χ1) is 8.79. The molecule has 1 aliphatic carbocycles. The molecule has 0 aromatic carbocycles. The molecular weight excluding hydrogens is 244 g/mol. The minimum atomic E-state index is -0.298. The second-order valence-electron chi connectivity index (χ2n) is 4.80. The molecule has 4 heteroatoms. The van der Waals surface area contributed by atoms with Crippen molar-refractivity contribution in [2.75, 3.05) is 0 Å². The quantitative estimate of drug-likeness (QED) is 0.906. The molecule has 1 aliphatic rings. The van der Waals surface area contributed by atoms with Crippen molar-refractivity contribution in [2.45, 2.75) is 50.5 Å². The molecule has 0 radical (unpaired) electrons. The van der Waals surface area contributed by atoms with Gasteiger partial charge in [0.05, 0.1) is 12.0 Å². The van der Waals surface area contributed by atoms with Crippen molar-refractivity contribution in [1.29, 1.82) is 5.26 Å². The average molecular weight is 262 g/mol. The molecule has 0 spiro atoms. The van der Waals surface area contributed by atoms with Crippen LogP contribution in [-0.4, -0.2) is 11.9 Å². The molecule has 0 saturated heterocycles. The SMILES string of the molecule is N#CC(CC(=O)NC1CCCCC1)c1cccs1. The van der Waals surface area contributed by atoms with Crippen molar-refractivity contribution in [2.24, 2.45) is 0 Å². The summed E-state index contributed by atoms with van der Waals surface area (Å²) in [5.41, 5.74) is 0. The summed E-state index contributed by atoms with van der Waals surface area (Å²) in [7, 11) is 0. The van der Waals surface area contributed by atoms with E-state index in [1.54, 1.807) is 11.3 Å². The van der Waals surface area contributed by atoms with Gasteiger partial charge in [-0.05, 0) is 24.3 Å². The smallest absolute Gasteiger partial charge is 0.221 e. The Balaban J connectivity index is 1.84. The van der Waals surface area contributed by atoms with E-state index in [0.29, 0.717) is 6.04 Å². The predicted octanol–water partition coefficient (Wildman–Crippen LogP) is 3.19. The number of carbonyl (C=O) groups is 1. The lowest BCUT2D eigenvalue weighted by Gasteiger charge is -2.23. The third-order valence-electron chi connectivity index (χ3n) is 3.40. The summed E-state index contributed by atoms with van der Waals surface area (Å²) in [5.74, 6) is -0.282. The molecule has 2 rings (SSSR count).